The lowest BCUT2D eigenvalue weighted by molar-refractivity contribution is -0.137. The molecule has 4 nitrogen and oxygen atoms in total. The summed E-state index contributed by atoms with van der Waals surface area (Å²) < 4.78 is 37.3. The minimum atomic E-state index is -4.38. The van der Waals surface area contributed by atoms with Crippen molar-refractivity contribution in [2.45, 2.75) is 25.1 Å². The summed E-state index contributed by atoms with van der Waals surface area (Å²) >= 11 is 0. The van der Waals surface area contributed by atoms with E-state index in [1.54, 1.807) is 0 Å². The maximum Gasteiger partial charge on any atom is 0.416 e. The van der Waals surface area contributed by atoms with Crippen LogP contribution in [0.25, 0.3) is 0 Å². The van der Waals surface area contributed by atoms with Crippen LogP contribution in [0.5, 0.6) is 0 Å². The molecule has 1 fully saturated rings. The van der Waals surface area contributed by atoms with Crippen molar-refractivity contribution in [3.63, 3.8) is 0 Å². The Hall–Kier alpha value is -1.60. The highest BCUT2D eigenvalue weighted by Crippen LogP contribution is 2.30. The van der Waals surface area contributed by atoms with Crippen LogP contribution in [0.15, 0.2) is 24.3 Å². The lowest BCUT2D eigenvalue weighted by Gasteiger charge is -2.20. The molecular formula is C14H17F3N2O2. The van der Waals surface area contributed by atoms with Gasteiger partial charge in [-0.05, 0) is 37.1 Å². The standard InChI is InChI=1S/C14H17F3N2O2/c15-14(16,17)10-1-3-11(4-2-10)18-13(21)9-19(7-8-20)12-5-6-12/h1-4,12,20H,5-9H2,(H,18,21). The van der Waals surface area contributed by atoms with E-state index in [0.29, 0.717) is 18.3 Å². The summed E-state index contributed by atoms with van der Waals surface area (Å²) in [5, 5.41) is 11.5. The number of halogens is 3. The number of amides is 1. The second-order valence-electron chi connectivity index (χ2n) is 5.05. The normalized spacial score (nSPS) is 15.3. The van der Waals surface area contributed by atoms with Gasteiger partial charge in [-0.15, -0.1) is 0 Å². The third kappa shape index (κ3) is 4.71. The molecule has 0 unspecified atom stereocenters. The predicted molar refractivity (Wildman–Crippen MR) is 71.8 cm³/mol. The van der Waals surface area contributed by atoms with Gasteiger partial charge in [0.2, 0.25) is 5.91 Å². The number of aliphatic hydroxyl groups excluding tert-OH is 1. The Labute approximate surface area is 120 Å². The molecule has 7 heteroatoms. The molecule has 0 saturated heterocycles. The quantitative estimate of drug-likeness (QED) is 0.846. The molecule has 1 aromatic carbocycles. The summed E-state index contributed by atoms with van der Waals surface area (Å²) in [7, 11) is 0. The average molecular weight is 302 g/mol. The number of nitrogens with one attached hydrogen (secondary N) is 1. The minimum Gasteiger partial charge on any atom is -0.395 e. The van der Waals surface area contributed by atoms with Gasteiger partial charge < -0.3 is 10.4 Å². The summed E-state index contributed by atoms with van der Waals surface area (Å²) in [6, 6.07) is 4.66. The van der Waals surface area contributed by atoms with Gasteiger partial charge in [0.25, 0.3) is 0 Å². The topological polar surface area (TPSA) is 52.6 Å². The number of anilines is 1. The van der Waals surface area contributed by atoms with Crippen molar-refractivity contribution in [1.29, 1.82) is 0 Å². The molecule has 0 radical (unpaired) electrons. The summed E-state index contributed by atoms with van der Waals surface area (Å²) in [6.45, 7) is 0.529. The molecule has 2 N–H and O–H groups in total. The number of alkyl halides is 3. The fourth-order valence-corrected chi connectivity index (χ4v) is 2.09. The van der Waals surface area contributed by atoms with Crippen LogP contribution in [0.4, 0.5) is 18.9 Å². The van der Waals surface area contributed by atoms with Crippen LogP contribution in [0, 0.1) is 0 Å². The number of nitrogens with zero attached hydrogens (tertiary/aromatic N) is 1. The van der Waals surface area contributed by atoms with E-state index in [1.807, 2.05) is 4.90 Å². The molecule has 0 aromatic heterocycles. The number of hydrogen-bond acceptors (Lipinski definition) is 3. The van der Waals surface area contributed by atoms with Gasteiger partial charge in [-0.3, -0.25) is 9.69 Å². The molecule has 1 amide bonds. The molecule has 2 rings (SSSR count). The fraction of sp³-hybridized carbons (Fsp3) is 0.500. The largest absolute Gasteiger partial charge is 0.416 e. The van der Waals surface area contributed by atoms with Crippen LogP contribution in [-0.4, -0.2) is 41.7 Å². The first-order valence-corrected chi connectivity index (χ1v) is 6.72. The molecule has 21 heavy (non-hydrogen) atoms. The molecule has 0 spiro atoms. The first-order chi connectivity index (χ1) is 9.90. The Kier molecular flexibility index (Phi) is 4.84. The molecule has 1 aromatic rings. The van der Waals surface area contributed by atoms with Gasteiger partial charge in [-0.25, -0.2) is 0 Å². The van der Waals surface area contributed by atoms with Crippen LogP contribution in [0.3, 0.4) is 0 Å². The number of aliphatic hydroxyl groups is 1. The number of carbonyl (C=O) groups is 1. The monoisotopic (exact) mass is 302 g/mol. The third-order valence-electron chi connectivity index (χ3n) is 3.29. The van der Waals surface area contributed by atoms with Crippen LogP contribution in [-0.2, 0) is 11.0 Å². The Morgan fingerprint density at radius 1 is 1.29 bits per heavy atom. The Bertz CT molecular complexity index is 484. The van der Waals surface area contributed by atoms with E-state index in [2.05, 4.69) is 5.32 Å². The minimum absolute atomic E-state index is 0.0238. The SMILES string of the molecule is O=C(CN(CCO)C1CC1)Nc1ccc(C(F)(F)F)cc1. The van der Waals surface area contributed by atoms with Crippen molar-refractivity contribution in [2.24, 2.45) is 0 Å². The van der Waals surface area contributed by atoms with Crippen LogP contribution < -0.4 is 5.32 Å². The van der Waals surface area contributed by atoms with Crippen molar-refractivity contribution in [2.75, 3.05) is 25.0 Å². The number of benzene rings is 1. The maximum absolute atomic E-state index is 12.4. The van der Waals surface area contributed by atoms with Crippen molar-refractivity contribution in [3.8, 4) is 0 Å². The van der Waals surface area contributed by atoms with Gasteiger partial charge >= 0.3 is 6.18 Å². The second-order valence-corrected chi connectivity index (χ2v) is 5.05. The van der Waals surface area contributed by atoms with E-state index >= 15 is 0 Å². The van der Waals surface area contributed by atoms with Crippen molar-refractivity contribution in [3.05, 3.63) is 29.8 Å². The van der Waals surface area contributed by atoms with Crippen molar-refractivity contribution >= 4 is 11.6 Å². The molecular weight excluding hydrogens is 285 g/mol. The zero-order chi connectivity index (χ0) is 15.5. The first-order valence-electron chi connectivity index (χ1n) is 6.72. The van der Waals surface area contributed by atoms with Crippen LogP contribution in [0.1, 0.15) is 18.4 Å². The molecule has 1 saturated carbocycles. The van der Waals surface area contributed by atoms with E-state index in [0.717, 1.165) is 25.0 Å². The molecule has 0 aliphatic heterocycles. The molecule has 0 heterocycles. The van der Waals surface area contributed by atoms with E-state index in [1.165, 1.54) is 12.1 Å². The highest BCUT2D eigenvalue weighted by molar-refractivity contribution is 5.92. The van der Waals surface area contributed by atoms with E-state index in [-0.39, 0.29) is 19.1 Å². The van der Waals surface area contributed by atoms with Crippen LogP contribution in [0.2, 0.25) is 0 Å². The van der Waals surface area contributed by atoms with Crippen molar-refractivity contribution in [1.82, 2.24) is 4.90 Å². The first kappa shape index (κ1) is 15.8. The smallest absolute Gasteiger partial charge is 0.395 e. The predicted octanol–water partition coefficient (Wildman–Crippen LogP) is 2.10. The summed E-state index contributed by atoms with van der Waals surface area (Å²) in [6.07, 6.45) is -2.37. The lowest BCUT2D eigenvalue weighted by Crippen LogP contribution is -2.36. The Balaban J connectivity index is 1.90. The highest BCUT2D eigenvalue weighted by Gasteiger charge is 2.31. The summed E-state index contributed by atoms with van der Waals surface area (Å²) in [4.78, 5) is 13.7. The zero-order valence-corrected chi connectivity index (χ0v) is 11.4. The van der Waals surface area contributed by atoms with E-state index in [4.69, 9.17) is 5.11 Å². The van der Waals surface area contributed by atoms with Gasteiger partial charge in [0.15, 0.2) is 0 Å². The number of hydrogen-bond donors (Lipinski definition) is 2. The molecule has 0 bridgehead atoms. The molecule has 1 aliphatic carbocycles. The Morgan fingerprint density at radius 2 is 1.90 bits per heavy atom. The van der Waals surface area contributed by atoms with Gasteiger partial charge in [0.05, 0.1) is 18.7 Å². The molecule has 1 aliphatic rings. The number of rotatable bonds is 6. The summed E-state index contributed by atoms with van der Waals surface area (Å²) in [5.74, 6) is -0.296. The van der Waals surface area contributed by atoms with Gasteiger partial charge in [-0.2, -0.15) is 13.2 Å². The highest BCUT2D eigenvalue weighted by atomic mass is 19.4. The fourth-order valence-electron chi connectivity index (χ4n) is 2.09. The summed E-state index contributed by atoms with van der Waals surface area (Å²) in [5.41, 5.74) is -0.423. The van der Waals surface area contributed by atoms with E-state index in [9.17, 15) is 18.0 Å². The van der Waals surface area contributed by atoms with Gasteiger partial charge in [0.1, 0.15) is 0 Å². The van der Waals surface area contributed by atoms with Gasteiger partial charge in [0, 0.05) is 18.3 Å². The molecule has 0 atom stereocenters. The van der Waals surface area contributed by atoms with Crippen LogP contribution >= 0.6 is 0 Å². The second kappa shape index (κ2) is 6.44. The number of carbonyl (C=O) groups excluding carboxylic acids is 1. The third-order valence-corrected chi connectivity index (χ3v) is 3.29. The molecule has 116 valence electrons. The van der Waals surface area contributed by atoms with E-state index < -0.39 is 11.7 Å². The average Bonchev–Trinajstić information content (AvgIpc) is 3.22. The Morgan fingerprint density at radius 3 is 2.38 bits per heavy atom. The lowest BCUT2D eigenvalue weighted by atomic mass is 10.2. The maximum atomic E-state index is 12.4. The van der Waals surface area contributed by atoms with Gasteiger partial charge in [-0.1, -0.05) is 0 Å². The zero-order valence-electron chi connectivity index (χ0n) is 11.4. The van der Waals surface area contributed by atoms with Crippen molar-refractivity contribution < 1.29 is 23.1 Å².